The van der Waals surface area contributed by atoms with Crippen molar-refractivity contribution in [2.75, 3.05) is 5.32 Å². The van der Waals surface area contributed by atoms with Gasteiger partial charge in [0.05, 0.1) is 28.0 Å². The number of para-hydroxylation sites is 1. The summed E-state index contributed by atoms with van der Waals surface area (Å²) in [6.07, 6.45) is 4.41. The second kappa shape index (κ2) is 8.21. The molecule has 29 heavy (non-hydrogen) atoms. The van der Waals surface area contributed by atoms with Crippen LogP contribution < -0.4 is 10.6 Å². The average Bonchev–Trinajstić information content (AvgIpc) is 3.19. The molecule has 1 aromatic heterocycles. The first-order chi connectivity index (χ1) is 14.0. The molecule has 1 aliphatic rings. The first-order valence-corrected chi connectivity index (χ1v) is 9.88. The van der Waals surface area contributed by atoms with Crippen LogP contribution in [-0.2, 0) is 4.79 Å². The maximum atomic E-state index is 13.1. The number of hydrogen-bond acceptors (Lipinski definition) is 3. The van der Waals surface area contributed by atoms with Gasteiger partial charge in [-0.25, -0.2) is 4.39 Å². The number of aromatic nitrogens is 2. The molecule has 6 nitrogen and oxygen atoms in total. The van der Waals surface area contributed by atoms with Gasteiger partial charge in [0.25, 0.3) is 5.91 Å². The predicted molar refractivity (Wildman–Crippen MR) is 109 cm³/mol. The molecule has 3 N–H and O–H groups in total. The summed E-state index contributed by atoms with van der Waals surface area (Å²) >= 11 is 5.98. The van der Waals surface area contributed by atoms with Crippen LogP contribution in [-0.4, -0.2) is 28.1 Å². The molecule has 4 rings (SSSR count). The van der Waals surface area contributed by atoms with E-state index in [1.54, 1.807) is 12.3 Å². The van der Waals surface area contributed by atoms with E-state index in [0.29, 0.717) is 42.5 Å². The van der Waals surface area contributed by atoms with Gasteiger partial charge in [0, 0.05) is 17.3 Å². The topological polar surface area (TPSA) is 86.9 Å². The van der Waals surface area contributed by atoms with Gasteiger partial charge in [-0.2, -0.15) is 5.10 Å². The van der Waals surface area contributed by atoms with Crippen molar-refractivity contribution in [3.8, 4) is 0 Å². The lowest BCUT2D eigenvalue weighted by Gasteiger charge is -2.28. The van der Waals surface area contributed by atoms with Gasteiger partial charge in [-0.15, -0.1) is 0 Å². The quantitative estimate of drug-likeness (QED) is 0.595. The van der Waals surface area contributed by atoms with Gasteiger partial charge in [0.1, 0.15) is 5.82 Å². The lowest BCUT2D eigenvalue weighted by atomic mass is 9.85. The van der Waals surface area contributed by atoms with Crippen LogP contribution in [0.15, 0.2) is 42.6 Å². The fourth-order valence-electron chi connectivity index (χ4n) is 3.75. The van der Waals surface area contributed by atoms with Gasteiger partial charge in [-0.1, -0.05) is 23.7 Å². The molecule has 0 radical (unpaired) electrons. The molecule has 0 unspecified atom stereocenters. The molecule has 0 saturated heterocycles. The number of anilines is 1. The maximum absolute atomic E-state index is 13.1. The zero-order valence-electron chi connectivity index (χ0n) is 15.5. The number of carbonyl (C=O) groups excluding carboxylic acids is 2. The molecule has 2 amide bonds. The number of amides is 2. The number of nitrogens with one attached hydrogen (secondary N) is 3. The lowest BCUT2D eigenvalue weighted by Crippen LogP contribution is -2.39. The largest absolute Gasteiger partial charge is 0.349 e. The van der Waals surface area contributed by atoms with Crippen molar-refractivity contribution in [3.05, 3.63) is 59.0 Å². The number of H-pyrrole nitrogens is 1. The number of hydrogen-bond donors (Lipinski definition) is 3. The number of nitrogens with zero attached hydrogens (tertiary/aromatic N) is 1. The maximum Gasteiger partial charge on any atom is 0.253 e. The average molecular weight is 415 g/mol. The van der Waals surface area contributed by atoms with Crippen molar-refractivity contribution in [2.24, 2.45) is 5.92 Å². The SMILES string of the molecule is O=C(NC1CCC(C(=O)Nc2ccc(F)cc2Cl)CC1)c1cccc2cn[nH]c12. The van der Waals surface area contributed by atoms with E-state index in [0.717, 1.165) is 5.39 Å². The molecule has 1 heterocycles. The van der Waals surface area contributed by atoms with E-state index in [4.69, 9.17) is 11.6 Å². The smallest absolute Gasteiger partial charge is 0.253 e. The number of carbonyl (C=O) groups is 2. The highest BCUT2D eigenvalue weighted by Crippen LogP contribution is 2.28. The fraction of sp³-hybridized carbons (Fsp3) is 0.286. The first-order valence-electron chi connectivity index (χ1n) is 9.50. The lowest BCUT2D eigenvalue weighted by molar-refractivity contribution is -0.120. The highest BCUT2D eigenvalue weighted by atomic mass is 35.5. The minimum atomic E-state index is -0.449. The van der Waals surface area contributed by atoms with E-state index in [2.05, 4.69) is 20.8 Å². The van der Waals surface area contributed by atoms with E-state index in [1.807, 2.05) is 12.1 Å². The Hall–Kier alpha value is -2.93. The van der Waals surface area contributed by atoms with Crippen LogP contribution in [0.4, 0.5) is 10.1 Å². The molecule has 0 bridgehead atoms. The Morgan fingerprint density at radius 2 is 1.93 bits per heavy atom. The standard InChI is InChI=1S/C21H20ClFN4O2/c22-17-10-14(23)6-9-18(17)26-20(28)12-4-7-15(8-5-12)25-21(29)16-3-1-2-13-11-24-27-19(13)16/h1-3,6,9-12,15H,4-5,7-8H2,(H,24,27)(H,25,29)(H,26,28). The van der Waals surface area contributed by atoms with Crippen LogP contribution in [0.25, 0.3) is 10.9 Å². The van der Waals surface area contributed by atoms with Gasteiger partial charge >= 0.3 is 0 Å². The van der Waals surface area contributed by atoms with E-state index in [-0.39, 0.29) is 28.8 Å². The summed E-state index contributed by atoms with van der Waals surface area (Å²) < 4.78 is 13.1. The van der Waals surface area contributed by atoms with Crippen LogP contribution in [0.2, 0.25) is 5.02 Å². The Bertz CT molecular complexity index is 1060. The van der Waals surface area contributed by atoms with Crippen molar-refractivity contribution in [3.63, 3.8) is 0 Å². The number of aromatic amines is 1. The molecule has 1 aliphatic carbocycles. The number of rotatable bonds is 4. The molecule has 0 aliphatic heterocycles. The Balaban J connectivity index is 1.32. The third-order valence-corrected chi connectivity index (χ3v) is 5.66. The van der Waals surface area contributed by atoms with E-state index >= 15 is 0 Å². The third-order valence-electron chi connectivity index (χ3n) is 5.34. The molecule has 1 fully saturated rings. The molecule has 8 heteroatoms. The molecule has 2 aromatic carbocycles. The van der Waals surface area contributed by atoms with Crippen molar-refractivity contribution < 1.29 is 14.0 Å². The Morgan fingerprint density at radius 3 is 2.69 bits per heavy atom. The van der Waals surface area contributed by atoms with Gasteiger partial charge in [-0.3, -0.25) is 14.7 Å². The van der Waals surface area contributed by atoms with Crippen LogP contribution >= 0.6 is 11.6 Å². The summed E-state index contributed by atoms with van der Waals surface area (Å²) in [7, 11) is 0. The van der Waals surface area contributed by atoms with Crippen LogP contribution in [0, 0.1) is 11.7 Å². The van der Waals surface area contributed by atoms with Crippen molar-refractivity contribution in [1.29, 1.82) is 0 Å². The normalized spacial score (nSPS) is 19.1. The Labute approximate surface area is 171 Å². The molecule has 0 atom stereocenters. The number of halogens is 2. The third kappa shape index (κ3) is 4.24. The summed E-state index contributed by atoms with van der Waals surface area (Å²) in [5.41, 5.74) is 1.68. The highest BCUT2D eigenvalue weighted by molar-refractivity contribution is 6.33. The second-order valence-electron chi connectivity index (χ2n) is 7.28. The summed E-state index contributed by atoms with van der Waals surface area (Å²) in [4.78, 5) is 25.2. The summed E-state index contributed by atoms with van der Waals surface area (Å²) in [6, 6.07) is 9.39. The van der Waals surface area contributed by atoms with Crippen LogP contribution in [0.1, 0.15) is 36.0 Å². The van der Waals surface area contributed by atoms with Gasteiger partial charge in [-0.05, 0) is 49.9 Å². The predicted octanol–water partition coefficient (Wildman–Crippen LogP) is 4.28. The molecular weight excluding hydrogens is 395 g/mol. The molecule has 3 aromatic rings. The minimum Gasteiger partial charge on any atom is -0.349 e. The van der Waals surface area contributed by atoms with Crippen LogP contribution in [0.5, 0.6) is 0 Å². The monoisotopic (exact) mass is 414 g/mol. The minimum absolute atomic E-state index is 0.0131. The van der Waals surface area contributed by atoms with Gasteiger partial charge < -0.3 is 10.6 Å². The van der Waals surface area contributed by atoms with Crippen molar-refractivity contribution in [1.82, 2.24) is 15.5 Å². The van der Waals surface area contributed by atoms with Crippen molar-refractivity contribution in [2.45, 2.75) is 31.7 Å². The molecule has 1 saturated carbocycles. The fourth-order valence-corrected chi connectivity index (χ4v) is 3.96. The number of benzene rings is 2. The molecule has 0 spiro atoms. The summed E-state index contributed by atoms with van der Waals surface area (Å²) in [6.45, 7) is 0. The van der Waals surface area contributed by atoms with Crippen LogP contribution in [0.3, 0.4) is 0 Å². The Morgan fingerprint density at radius 1 is 1.14 bits per heavy atom. The van der Waals surface area contributed by atoms with E-state index in [9.17, 15) is 14.0 Å². The first kappa shape index (κ1) is 19.4. The molecule has 150 valence electrons. The Kier molecular flexibility index (Phi) is 5.49. The zero-order chi connectivity index (χ0) is 20.4. The molecular formula is C21H20ClFN4O2. The summed E-state index contributed by atoms with van der Waals surface area (Å²) in [5.74, 6) is -0.897. The summed E-state index contributed by atoms with van der Waals surface area (Å²) in [5, 5.41) is 13.7. The van der Waals surface area contributed by atoms with E-state index < -0.39 is 5.82 Å². The van der Waals surface area contributed by atoms with Gasteiger partial charge in [0.2, 0.25) is 5.91 Å². The highest BCUT2D eigenvalue weighted by Gasteiger charge is 2.28. The number of fused-ring (bicyclic) bond motifs is 1. The van der Waals surface area contributed by atoms with Crippen molar-refractivity contribution >= 4 is 40.0 Å². The zero-order valence-corrected chi connectivity index (χ0v) is 16.3. The second-order valence-corrected chi connectivity index (χ2v) is 7.68. The van der Waals surface area contributed by atoms with E-state index in [1.165, 1.54) is 18.2 Å². The van der Waals surface area contributed by atoms with Gasteiger partial charge in [0.15, 0.2) is 0 Å².